The first-order valence-corrected chi connectivity index (χ1v) is 13.8. The molecule has 4 amide bonds. The molecule has 2 aromatic carbocycles. The molecule has 1 heterocycles. The molecule has 2 aliphatic rings. The summed E-state index contributed by atoms with van der Waals surface area (Å²) >= 11 is 0. The number of hydrogen-bond donors (Lipinski definition) is 1. The maximum Gasteiger partial charge on any atom is 0.243 e. The number of likely N-dealkylation sites (tertiary alicyclic amines) is 1. The molecule has 1 fully saturated rings. The minimum absolute atomic E-state index is 0.0627. The molecular formula is C31H36FN3O4. The summed E-state index contributed by atoms with van der Waals surface area (Å²) < 4.78 is 14.7. The Hall–Kier alpha value is -3.81. The zero-order chi connectivity index (χ0) is 27.8. The van der Waals surface area contributed by atoms with E-state index >= 15 is 0 Å². The molecule has 206 valence electrons. The average molecular weight is 534 g/mol. The Bertz CT molecular complexity index is 1190. The van der Waals surface area contributed by atoms with E-state index in [1.54, 1.807) is 18.2 Å². The summed E-state index contributed by atoms with van der Waals surface area (Å²) in [5.41, 5.74) is 1.15. The van der Waals surface area contributed by atoms with E-state index in [4.69, 9.17) is 0 Å². The number of allylic oxidation sites excluding steroid dienone is 2. The molecule has 0 radical (unpaired) electrons. The number of nitrogens with one attached hydrogen (secondary N) is 1. The standard InChI is InChI=1S/C31H36FN3O4/c1-2-3-18-33-29(37)27(20-22-11-5-4-6-12-22)35(21-23-13-7-10-16-26(23)32)28(36)17-19-34-30(38)24-14-8-9-15-25(24)31(34)39/h4-13,16,24-25,27H,2-3,14-15,17-21H2,1H3,(H,33,37)/t24-,25+,27-/m0/s1. The highest BCUT2D eigenvalue weighted by Gasteiger charge is 2.47. The van der Waals surface area contributed by atoms with Gasteiger partial charge in [-0.25, -0.2) is 4.39 Å². The van der Waals surface area contributed by atoms with Gasteiger partial charge in [0.25, 0.3) is 0 Å². The number of carbonyl (C=O) groups is 4. The van der Waals surface area contributed by atoms with Gasteiger partial charge >= 0.3 is 0 Å². The summed E-state index contributed by atoms with van der Waals surface area (Å²) in [4.78, 5) is 55.7. The van der Waals surface area contributed by atoms with Crippen molar-refractivity contribution in [3.8, 4) is 0 Å². The number of fused-ring (bicyclic) bond motifs is 1. The van der Waals surface area contributed by atoms with Gasteiger partial charge in [0.2, 0.25) is 23.6 Å². The number of unbranched alkanes of at least 4 members (excludes halogenated alkanes) is 1. The number of imide groups is 1. The first kappa shape index (κ1) is 28.2. The van der Waals surface area contributed by atoms with Crippen LogP contribution in [0.5, 0.6) is 0 Å². The second-order valence-electron chi connectivity index (χ2n) is 10.2. The molecule has 39 heavy (non-hydrogen) atoms. The fraction of sp³-hybridized carbons (Fsp3) is 0.419. The zero-order valence-electron chi connectivity index (χ0n) is 22.4. The lowest BCUT2D eigenvalue weighted by Crippen LogP contribution is -2.51. The Morgan fingerprint density at radius 1 is 1.00 bits per heavy atom. The van der Waals surface area contributed by atoms with Crippen molar-refractivity contribution in [2.24, 2.45) is 11.8 Å². The van der Waals surface area contributed by atoms with Gasteiger partial charge in [-0.2, -0.15) is 0 Å². The maximum absolute atomic E-state index is 14.7. The van der Waals surface area contributed by atoms with Crippen molar-refractivity contribution in [1.29, 1.82) is 0 Å². The fourth-order valence-electron chi connectivity index (χ4n) is 5.31. The number of rotatable bonds is 12. The Morgan fingerprint density at radius 3 is 2.28 bits per heavy atom. The first-order valence-electron chi connectivity index (χ1n) is 13.8. The zero-order valence-corrected chi connectivity index (χ0v) is 22.4. The molecule has 1 N–H and O–H groups in total. The third-order valence-electron chi connectivity index (χ3n) is 7.55. The van der Waals surface area contributed by atoms with E-state index in [0.29, 0.717) is 19.4 Å². The molecule has 0 aromatic heterocycles. The minimum Gasteiger partial charge on any atom is -0.354 e. The van der Waals surface area contributed by atoms with Crippen LogP contribution in [0.25, 0.3) is 0 Å². The molecule has 1 saturated heterocycles. The third kappa shape index (κ3) is 6.80. The maximum atomic E-state index is 14.7. The number of hydrogen-bond acceptors (Lipinski definition) is 4. The highest BCUT2D eigenvalue weighted by atomic mass is 19.1. The van der Waals surface area contributed by atoms with Gasteiger partial charge in [-0.05, 0) is 30.9 Å². The second-order valence-corrected chi connectivity index (χ2v) is 10.2. The Balaban J connectivity index is 1.58. The molecule has 8 heteroatoms. The van der Waals surface area contributed by atoms with Gasteiger partial charge in [-0.3, -0.25) is 24.1 Å². The summed E-state index contributed by atoms with van der Waals surface area (Å²) in [6.45, 7) is 2.32. The van der Waals surface area contributed by atoms with Crippen LogP contribution in [0.15, 0.2) is 66.7 Å². The lowest BCUT2D eigenvalue weighted by atomic mass is 9.85. The predicted octanol–water partition coefficient (Wildman–Crippen LogP) is 4.02. The molecule has 3 atom stereocenters. The van der Waals surface area contributed by atoms with Crippen molar-refractivity contribution >= 4 is 23.6 Å². The lowest BCUT2D eigenvalue weighted by Gasteiger charge is -2.32. The van der Waals surface area contributed by atoms with Gasteiger partial charge in [-0.15, -0.1) is 0 Å². The van der Waals surface area contributed by atoms with Gasteiger partial charge < -0.3 is 10.2 Å². The van der Waals surface area contributed by atoms with Crippen molar-refractivity contribution in [2.45, 2.75) is 58.0 Å². The van der Waals surface area contributed by atoms with Gasteiger partial charge in [-0.1, -0.05) is 74.0 Å². The molecule has 0 spiro atoms. The summed E-state index contributed by atoms with van der Waals surface area (Å²) in [6.07, 6.45) is 6.68. The van der Waals surface area contributed by atoms with Crippen LogP contribution in [-0.2, 0) is 32.1 Å². The molecule has 0 bridgehead atoms. The Kier molecular flexibility index (Phi) is 9.63. The molecule has 7 nitrogen and oxygen atoms in total. The molecule has 2 aromatic rings. The number of amides is 4. The highest BCUT2D eigenvalue weighted by molar-refractivity contribution is 6.05. The van der Waals surface area contributed by atoms with Gasteiger partial charge in [0.1, 0.15) is 11.9 Å². The molecular weight excluding hydrogens is 497 g/mol. The van der Waals surface area contributed by atoms with Crippen LogP contribution >= 0.6 is 0 Å². The smallest absolute Gasteiger partial charge is 0.243 e. The average Bonchev–Trinajstić information content (AvgIpc) is 3.20. The van der Waals surface area contributed by atoms with Crippen molar-refractivity contribution in [1.82, 2.24) is 15.1 Å². The van der Waals surface area contributed by atoms with E-state index in [-0.39, 0.29) is 61.1 Å². The Labute approximate surface area is 229 Å². The van der Waals surface area contributed by atoms with Gasteiger partial charge in [0.15, 0.2) is 0 Å². The number of carbonyl (C=O) groups excluding carboxylic acids is 4. The first-order chi connectivity index (χ1) is 18.9. The third-order valence-corrected chi connectivity index (χ3v) is 7.55. The number of nitrogens with zero attached hydrogens (tertiary/aromatic N) is 2. The molecule has 1 aliphatic carbocycles. The van der Waals surface area contributed by atoms with Crippen LogP contribution in [-0.4, -0.2) is 52.6 Å². The fourth-order valence-corrected chi connectivity index (χ4v) is 5.31. The summed E-state index contributed by atoms with van der Waals surface area (Å²) in [5.74, 6) is -2.45. The lowest BCUT2D eigenvalue weighted by molar-refractivity contribution is -0.144. The predicted molar refractivity (Wildman–Crippen MR) is 145 cm³/mol. The van der Waals surface area contributed by atoms with Gasteiger partial charge in [0.05, 0.1) is 11.8 Å². The largest absolute Gasteiger partial charge is 0.354 e. The summed E-state index contributed by atoms with van der Waals surface area (Å²) in [7, 11) is 0. The summed E-state index contributed by atoms with van der Waals surface area (Å²) in [5, 5.41) is 2.93. The number of benzene rings is 2. The van der Waals surface area contributed by atoms with E-state index in [9.17, 15) is 23.6 Å². The van der Waals surface area contributed by atoms with E-state index in [2.05, 4.69) is 5.32 Å². The molecule has 0 unspecified atom stereocenters. The van der Waals surface area contributed by atoms with Crippen LogP contribution in [0.2, 0.25) is 0 Å². The van der Waals surface area contributed by atoms with E-state index < -0.39 is 17.8 Å². The molecule has 4 rings (SSSR count). The van der Waals surface area contributed by atoms with Crippen molar-refractivity contribution in [2.75, 3.05) is 13.1 Å². The normalized spacial score (nSPS) is 19.1. The van der Waals surface area contributed by atoms with Gasteiger partial charge in [0, 0.05) is 38.0 Å². The number of halogens is 1. The van der Waals surface area contributed by atoms with Crippen LogP contribution in [0.1, 0.15) is 50.2 Å². The summed E-state index contributed by atoms with van der Waals surface area (Å²) in [6, 6.07) is 14.7. The highest BCUT2D eigenvalue weighted by Crippen LogP contribution is 2.35. The van der Waals surface area contributed by atoms with Crippen molar-refractivity contribution < 1.29 is 23.6 Å². The van der Waals surface area contributed by atoms with Crippen molar-refractivity contribution in [3.05, 3.63) is 83.7 Å². The van der Waals surface area contributed by atoms with Crippen LogP contribution in [0.4, 0.5) is 4.39 Å². The second kappa shape index (κ2) is 13.3. The van der Waals surface area contributed by atoms with Crippen LogP contribution in [0, 0.1) is 17.7 Å². The Morgan fingerprint density at radius 2 is 1.64 bits per heavy atom. The van der Waals surface area contributed by atoms with Crippen molar-refractivity contribution in [3.63, 3.8) is 0 Å². The van der Waals surface area contributed by atoms with E-state index in [1.807, 2.05) is 49.4 Å². The van der Waals surface area contributed by atoms with Crippen LogP contribution < -0.4 is 5.32 Å². The minimum atomic E-state index is -0.895. The van der Waals surface area contributed by atoms with Crippen LogP contribution in [0.3, 0.4) is 0 Å². The van der Waals surface area contributed by atoms with E-state index in [0.717, 1.165) is 18.4 Å². The molecule has 0 saturated carbocycles. The quantitative estimate of drug-likeness (QED) is 0.254. The monoisotopic (exact) mass is 533 g/mol. The van der Waals surface area contributed by atoms with E-state index in [1.165, 1.54) is 15.9 Å². The SMILES string of the molecule is CCCCNC(=O)[C@H](Cc1ccccc1)N(Cc1ccccc1F)C(=O)CCN1C(=O)[C@H]2CC=CC[C@H]2C1=O. The molecule has 1 aliphatic heterocycles. The topological polar surface area (TPSA) is 86.8 Å².